The number of hydrogen-bond acceptors (Lipinski definition) is 4. The van der Waals surface area contributed by atoms with Crippen LogP contribution in [-0.4, -0.2) is 48.4 Å². The fraction of sp³-hybridized carbons (Fsp3) is 0.920. The lowest BCUT2D eigenvalue weighted by molar-refractivity contribution is -0.135. The van der Waals surface area contributed by atoms with Gasteiger partial charge in [0.15, 0.2) is 0 Å². The Morgan fingerprint density at radius 2 is 1.52 bits per heavy atom. The third-order valence-electron chi connectivity index (χ3n) is 6.51. The quantitative estimate of drug-likeness (QED) is 0.223. The summed E-state index contributed by atoms with van der Waals surface area (Å²) in [7, 11) is 0. The molecule has 1 rings (SSSR count). The van der Waals surface area contributed by atoms with Gasteiger partial charge >= 0.3 is 0 Å². The number of carbonyl (C=O) groups is 2. The van der Waals surface area contributed by atoms with Gasteiger partial charge in [-0.15, -0.1) is 24.8 Å². The second-order valence-corrected chi connectivity index (χ2v) is 9.30. The van der Waals surface area contributed by atoms with Crippen molar-refractivity contribution < 1.29 is 9.59 Å². The number of nitrogens with one attached hydrogen (secondary N) is 1. The number of carbonyl (C=O) groups excluding carboxylic acids is 2. The SMILES string of the molecule is CCCCCCCCCCCCC(=O)N1CCCCC1CNC(=O)[C@@H](N)CCCCN.Cl.Cl. The van der Waals surface area contributed by atoms with Crippen LogP contribution >= 0.6 is 24.8 Å². The third-order valence-corrected chi connectivity index (χ3v) is 6.51. The van der Waals surface area contributed by atoms with E-state index in [1.807, 2.05) is 4.90 Å². The van der Waals surface area contributed by atoms with Gasteiger partial charge in [0.05, 0.1) is 6.04 Å². The highest BCUT2D eigenvalue weighted by atomic mass is 35.5. The molecule has 8 heteroatoms. The van der Waals surface area contributed by atoms with Gasteiger partial charge in [-0.3, -0.25) is 9.59 Å². The van der Waals surface area contributed by atoms with Crippen LogP contribution < -0.4 is 16.8 Å². The lowest BCUT2D eigenvalue weighted by atomic mass is 10.0. The van der Waals surface area contributed by atoms with Crippen LogP contribution in [0.2, 0.25) is 0 Å². The van der Waals surface area contributed by atoms with E-state index >= 15 is 0 Å². The second-order valence-electron chi connectivity index (χ2n) is 9.30. The lowest BCUT2D eigenvalue weighted by Crippen LogP contribution is -2.51. The zero-order chi connectivity index (χ0) is 22.7. The molecule has 2 atom stereocenters. The summed E-state index contributed by atoms with van der Waals surface area (Å²) in [6.07, 6.45) is 19.0. The van der Waals surface area contributed by atoms with E-state index in [1.165, 1.54) is 51.4 Å². The van der Waals surface area contributed by atoms with Crippen molar-refractivity contribution in [2.75, 3.05) is 19.6 Å². The van der Waals surface area contributed by atoms with Crippen LogP contribution in [0.25, 0.3) is 0 Å². The topological polar surface area (TPSA) is 101 Å². The Hall–Kier alpha value is -0.560. The summed E-state index contributed by atoms with van der Waals surface area (Å²) in [5, 5.41) is 2.98. The summed E-state index contributed by atoms with van der Waals surface area (Å²) in [4.78, 5) is 27.0. The Balaban J connectivity index is 0. The van der Waals surface area contributed by atoms with Crippen LogP contribution in [0.3, 0.4) is 0 Å². The van der Waals surface area contributed by atoms with Crippen molar-refractivity contribution in [2.24, 2.45) is 11.5 Å². The fourth-order valence-corrected chi connectivity index (χ4v) is 4.44. The molecule has 198 valence electrons. The van der Waals surface area contributed by atoms with E-state index < -0.39 is 6.04 Å². The molecule has 0 spiro atoms. The summed E-state index contributed by atoms with van der Waals surface area (Å²) in [5.41, 5.74) is 11.5. The molecule has 0 aromatic heterocycles. The monoisotopic (exact) mass is 510 g/mol. The third kappa shape index (κ3) is 16.7. The molecule has 0 radical (unpaired) electrons. The van der Waals surface area contributed by atoms with Gasteiger partial charge in [-0.2, -0.15) is 0 Å². The van der Waals surface area contributed by atoms with Gasteiger partial charge in [0.25, 0.3) is 0 Å². The molecule has 33 heavy (non-hydrogen) atoms. The average Bonchev–Trinajstić information content (AvgIpc) is 2.78. The molecule has 1 heterocycles. The molecular formula is C25H52Cl2N4O2. The zero-order valence-electron chi connectivity index (χ0n) is 21.0. The van der Waals surface area contributed by atoms with Gasteiger partial charge < -0.3 is 21.7 Å². The number of rotatable bonds is 18. The molecular weight excluding hydrogens is 459 g/mol. The largest absolute Gasteiger partial charge is 0.353 e. The van der Waals surface area contributed by atoms with E-state index in [1.54, 1.807) is 0 Å². The maximum atomic E-state index is 12.8. The van der Waals surface area contributed by atoms with Crippen LogP contribution in [0.15, 0.2) is 0 Å². The van der Waals surface area contributed by atoms with E-state index in [2.05, 4.69) is 12.2 Å². The number of likely N-dealkylation sites (tertiary alicyclic amines) is 1. The molecule has 5 N–H and O–H groups in total. The van der Waals surface area contributed by atoms with Crippen LogP contribution in [0.5, 0.6) is 0 Å². The van der Waals surface area contributed by atoms with Crippen LogP contribution in [-0.2, 0) is 9.59 Å². The highest BCUT2D eigenvalue weighted by Crippen LogP contribution is 2.19. The van der Waals surface area contributed by atoms with E-state index in [9.17, 15) is 9.59 Å². The Bertz CT molecular complexity index is 483. The minimum atomic E-state index is -0.481. The summed E-state index contributed by atoms with van der Waals surface area (Å²) in [5.74, 6) is 0.149. The number of amides is 2. The van der Waals surface area contributed by atoms with Crippen molar-refractivity contribution in [1.82, 2.24) is 10.2 Å². The number of nitrogens with two attached hydrogens (primary N) is 2. The molecule has 2 amide bonds. The Labute approximate surface area is 215 Å². The fourth-order valence-electron chi connectivity index (χ4n) is 4.44. The zero-order valence-corrected chi connectivity index (χ0v) is 22.7. The smallest absolute Gasteiger partial charge is 0.236 e. The first-order valence-corrected chi connectivity index (χ1v) is 13.1. The molecule has 1 aliphatic rings. The molecule has 1 fully saturated rings. The molecule has 1 saturated heterocycles. The first kappa shape index (κ1) is 34.6. The molecule has 1 unspecified atom stereocenters. The maximum absolute atomic E-state index is 12.8. The second kappa shape index (κ2) is 23.2. The predicted molar refractivity (Wildman–Crippen MR) is 144 cm³/mol. The summed E-state index contributed by atoms with van der Waals surface area (Å²) in [6, 6.07) is -0.365. The average molecular weight is 512 g/mol. The van der Waals surface area contributed by atoms with Gasteiger partial charge in [0.1, 0.15) is 0 Å². The number of hydrogen-bond donors (Lipinski definition) is 3. The van der Waals surface area contributed by atoms with Crippen LogP contribution in [0.4, 0.5) is 0 Å². The number of piperidine rings is 1. The normalized spacial score (nSPS) is 16.5. The van der Waals surface area contributed by atoms with Gasteiger partial charge in [0.2, 0.25) is 11.8 Å². The van der Waals surface area contributed by atoms with Crippen molar-refractivity contribution in [3.63, 3.8) is 0 Å². The molecule has 0 bridgehead atoms. The minimum absolute atomic E-state index is 0. The first-order valence-electron chi connectivity index (χ1n) is 13.1. The van der Waals surface area contributed by atoms with Gasteiger partial charge in [-0.05, 0) is 45.1 Å². The Kier molecular flexibility index (Phi) is 24.3. The van der Waals surface area contributed by atoms with Crippen LogP contribution in [0, 0.1) is 0 Å². The molecule has 0 aromatic rings. The van der Waals surface area contributed by atoms with Crippen molar-refractivity contribution in [3.05, 3.63) is 0 Å². The van der Waals surface area contributed by atoms with Crippen molar-refractivity contribution >= 4 is 36.6 Å². The number of halogens is 2. The van der Waals surface area contributed by atoms with Crippen LogP contribution in [0.1, 0.15) is 116 Å². The van der Waals surface area contributed by atoms with Gasteiger partial charge in [-0.25, -0.2) is 0 Å². The molecule has 6 nitrogen and oxygen atoms in total. The van der Waals surface area contributed by atoms with Gasteiger partial charge in [0, 0.05) is 25.6 Å². The van der Waals surface area contributed by atoms with Crippen molar-refractivity contribution in [3.8, 4) is 0 Å². The van der Waals surface area contributed by atoms with Crippen molar-refractivity contribution in [2.45, 2.75) is 128 Å². The van der Waals surface area contributed by atoms with E-state index in [0.717, 1.165) is 51.5 Å². The molecule has 0 aromatic carbocycles. The first-order chi connectivity index (χ1) is 15.1. The highest BCUT2D eigenvalue weighted by molar-refractivity contribution is 5.85. The van der Waals surface area contributed by atoms with E-state index in [0.29, 0.717) is 25.9 Å². The number of unbranched alkanes of at least 4 members (excludes halogenated alkanes) is 10. The summed E-state index contributed by atoms with van der Waals surface area (Å²) in [6.45, 7) is 4.23. The molecule has 0 aliphatic carbocycles. The van der Waals surface area contributed by atoms with Gasteiger partial charge in [-0.1, -0.05) is 71.1 Å². The predicted octanol–water partition coefficient (Wildman–Crippen LogP) is 5.09. The molecule has 0 saturated carbocycles. The maximum Gasteiger partial charge on any atom is 0.236 e. The summed E-state index contributed by atoms with van der Waals surface area (Å²) >= 11 is 0. The number of nitrogens with zero attached hydrogens (tertiary/aromatic N) is 1. The summed E-state index contributed by atoms with van der Waals surface area (Å²) < 4.78 is 0. The Morgan fingerprint density at radius 1 is 0.909 bits per heavy atom. The minimum Gasteiger partial charge on any atom is -0.353 e. The molecule has 1 aliphatic heterocycles. The highest BCUT2D eigenvalue weighted by Gasteiger charge is 2.27. The standard InChI is InChI=1S/C25H50N4O2.2ClH/c1-2-3-4-5-6-7-8-9-10-11-18-24(30)29-20-15-13-16-22(29)21-28-25(31)23(27)17-12-14-19-26;;/h22-23H,2-21,26-27H2,1H3,(H,28,31);2*1H/t22?,23-;;/m0../s1. The van der Waals surface area contributed by atoms with Crippen molar-refractivity contribution in [1.29, 1.82) is 0 Å². The van der Waals surface area contributed by atoms with E-state index in [-0.39, 0.29) is 42.7 Å². The van der Waals surface area contributed by atoms with E-state index in [4.69, 9.17) is 11.5 Å². The Morgan fingerprint density at radius 3 is 2.12 bits per heavy atom. The lowest BCUT2D eigenvalue weighted by Gasteiger charge is -2.36.